The predicted octanol–water partition coefficient (Wildman–Crippen LogP) is 5.07. The van der Waals surface area contributed by atoms with Gasteiger partial charge < -0.3 is 25.6 Å². The number of nitrogens with one attached hydrogen (secondary N) is 3. The first-order valence-electron chi connectivity index (χ1n) is 10.0. The Hall–Kier alpha value is -3.10. The Morgan fingerprint density at radius 2 is 1.59 bits per heavy atom. The molecule has 2 aromatic carbocycles. The molecule has 0 aromatic heterocycles. The van der Waals surface area contributed by atoms with E-state index in [0.717, 1.165) is 11.3 Å². The minimum Gasteiger partial charge on any atom is -0.459 e. The van der Waals surface area contributed by atoms with Crippen LogP contribution in [0.2, 0.25) is 5.02 Å². The molecule has 0 unspecified atom stereocenters. The molecule has 1 heterocycles. The van der Waals surface area contributed by atoms with E-state index in [2.05, 4.69) is 16.0 Å². The summed E-state index contributed by atoms with van der Waals surface area (Å²) in [6.07, 6.45) is -0.242. The highest BCUT2D eigenvalue weighted by Gasteiger charge is 2.33. The molecule has 0 bridgehead atoms. The number of allylic oxidation sites excluding steroid dienone is 1. The van der Waals surface area contributed by atoms with Crippen molar-refractivity contribution in [1.82, 2.24) is 10.2 Å². The highest BCUT2D eigenvalue weighted by atomic mass is 35.5. The second kappa shape index (κ2) is 10.0. The third-order valence-electron chi connectivity index (χ3n) is 4.92. The van der Waals surface area contributed by atoms with Crippen LogP contribution in [0.4, 0.5) is 16.2 Å². The molecule has 0 aliphatic carbocycles. The summed E-state index contributed by atoms with van der Waals surface area (Å²) >= 11 is 11.3. The van der Waals surface area contributed by atoms with Crippen molar-refractivity contribution in [2.75, 3.05) is 17.7 Å². The molecule has 2 amide bonds. The van der Waals surface area contributed by atoms with Crippen LogP contribution in [0, 0.1) is 0 Å². The molecule has 0 radical (unpaired) electrons. The number of ether oxygens (including phenoxy) is 1. The number of amides is 2. The molecule has 0 spiro atoms. The van der Waals surface area contributed by atoms with E-state index in [-0.39, 0.29) is 12.1 Å². The van der Waals surface area contributed by atoms with Crippen LogP contribution in [-0.4, -0.2) is 35.2 Å². The fourth-order valence-corrected chi connectivity index (χ4v) is 3.59. The van der Waals surface area contributed by atoms with Crippen LogP contribution < -0.4 is 16.0 Å². The average molecular weight is 473 g/mol. The van der Waals surface area contributed by atoms with Crippen LogP contribution in [0.25, 0.3) is 0 Å². The van der Waals surface area contributed by atoms with Crippen molar-refractivity contribution in [3.05, 3.63) is 70.4 Å². The number of anilines is 2. The molecule has 9 heteroatoms. The highest BCUT2D eigenvalue weighted by Crippen LogP contribution is 2.31. The Labute approximate surface area is 197 Å². The molecule has 1 atom stereocenters. The fourth-order valence-electron chi connectivity index (χ4n) is 3.21. The van der Waals surface area contributed by atoms with Gasteiger partial charge in [0, 0.05) is 29.1 Å². The first-order valence-corrected chi connectivity index (χ1v) is 10.8. The molecular formula is C23H25ClN4O3S. The van der Waals surface area contributed by atoms with Gasteiger partial charge in [0.25, 0.3) is 0 Å². The van der Waals surface area contributed by atoms with Crippen molar-refractivity contribution < 1.29 is 14.3 Å². The standard InChI is InChI=1S/C23H25ClN4O3S/c1-13(2)31-21(29)19-14(3)28(4)23(32)27-20(19)15-5-9-17(10-6-15)25-22(30)26-18-11-7-16(24)8-12-18/h5-13,20H,1-4H3,(H,27,32)(H2,25,26,30)/t20-/m0/s1. The SMILES string of the molecule is CC1=C(C(=O)OC(C)C)[C@H](c2ccc(NC(=O)Nc3ccc(Cl)cc3)cc2)NC(=S)N1C. The second-order valence-electron chi connectivity index (χ2n) is 7.60. The third kappa shape index (κ3) is 5.57. The van der Waals surface area contributed by atoms with E-state index in [1.807, 2.05) is 32.9 Å². The number of benzene rings is 2. The van der Waals surface area contributed by atoms with Crippen LogP contribution in [0.3, 0.4) is 0 Å². The lowest BCUT2D eigenvalue weighted by molar-refractivity contribution is -0.143. The van der Waals surface area contributed by atoms with Crippen molar-refractivity contribution in [3.63, 3.8) is 0 Å². The summed E-state index contributed by atoms with van der Waals surface area (Å²) in [7, 11) is 1.80. The zero-order chi connectivity index (χ0) is 23.4. The Kier molecular flexibility index (Phi) is 7.37. The van der Waals surface area contributed by atoms with E-state index >= 15 is 0 Å². The summed E-state index contributed by atoms with van der Waals surface area (Å²) in [5.41, 5.74) is 3.27. The summed E-state index contributed by atoms with van der Waals surface area (Å²) in [4.78, 5) is 26.8. The minimum absolute atomic E-state index is 0.242. The maximum absolute atomic E-state index is 12.8. The van der Waals surface area contributed by atoms with Gasteiger partial charge in [-0.3, -0.25) is 0 Å². The Morgan fingerprint density at radius 3 is 2.12 bits per heavy atom. The van der Waals surface area contributed by atoms with Crippen molar-refractivity contribution >= 4 is 52.3 Å². The molecule has 168 valence electrons. The lowest BCUT2D eigenvalue weighted by atomic mass is 9.95. The molecule has 32 heavy (non-hydrogen) atoms. The number of hydrogen-bond donors (Lipinski definition) is 3. The number of carbonyl (C=O) groups is 2. The zero-order valence-corrected chi connectivity index (χ0v) is 19.8. The smallest absolute Gasteiger partial charge is 0.338 e. The lowest BCUT2D eigenvalue weighted by Gasteiger charge is -2.35. The van der Waals surface area contributed by atoms with Gasteiger partial charge in [-0.05, 0) is 75.0 Å². The molecule has 3 rings (SSSR count). The van der Waals surface area contributed by atoms with E-state index < -0.39 is 12.0 Å². The molecule has 1 aliphatic heterocycles. The molecule has 0 fully saturated rings. The van der Waals surface area contributed by atoms with Crippen LogP contribution in [0.5, 0.6) is 0 Å². The van der Waals surface area contributed by atoms with Gasteiger partial charge in [0.05, 0.1) is 17.7 Å². The van der Waals surface area contributed by atoms with Gasteiger partial charge in [-0.2, -0.15) is 0 Å². The molecule has 2 aromatic rings. The largest absolute Gasteiger partial charge is 0.459 e. The van der Waals surface area contributed by atoms with Crippen LogP contribution in [-0.2, 0) is 9.53 Å². The summed E-state index contributed by atoms with van der Waals surface area (Å²) in [5.74, 6) is -0.395. The minimum atomic E-state index is -0.457. The lowest BCUT2D eigenvalue weighted by Crippen LogP contribution is -2.46. The highest BCUT2D eigenvalue weighted by molar-refractivity contribution is 7.80. The van der Waals surface area contributed by atoms with E-state index in [9.17, 15) is 9.59 Å². The first-order chi connectivity index (χ1) is 15.2. The van der Waals surface area contributed by atoms with Gasteiger partial charge in [0.1, 0.15) is 0 Å². The number of carbonyl (C=O) groups excluding carboxylic acids is 2. The van der Waals surface area contributed by atoms with E-state index in [0.29, 0.717) is 27.1 Å². The topological polar surface area (TPSA) is 82.7 Å². The molecule has 1 aliphatic rings. The fraction of sp³-hybridized carbons (Fsp3) is 0.261. The number of esters is 1. The maximum Gasteiger partial charge on any atom is 0.338 e. The maximum atomic E-state index is 12.8. The Balaban J connectivity index is 1.77. The van der Waals surface area contributed by atoms with Crippen molar-refractivity contribution in [2.24, 2.45) is 0 Å². The van der Waals surface area contributed by atoms with Gasteiger partial charge in [-0.1, -0.05) is 23.7 Å². The van der Waals surface area contributed by atoms with E-state index in [1.165, 1.54) is 0 Å². The zero-order valence-electron chi connectivity index (χ0n) is 18.2. The van der Waals surface area contributed by atoms with Gasteiger partial charge in [0.2, 0.25) is 0 Å². The number of halogens is 1. The number of thiocarbonyl (C=S) groups is 1. The van der Waals surface area contributed by atoms with Crippen molar-refractivity contribution in [3.8, 4) is 0 Å². The number of rotatable bonds is 5. The first kappa shape index (κ1) is 23.6. The normalized spacial score (nSPS) is 16.0. The van der Waals surface area contributed by atoms with Crippen LogP contribution >= 0.6 is 23.8 Å². The Morgan fingerprint density at radius 1 is 1.06 bits per heavy atom. The van der Waals surface area contributed by atoms with Crippen LogP contribution in [0.15, 0.2) is 59.8 Å². The third-order valence-corrected chi connectivity index (χ3v) is 5.56. The molecular weight excluding hydrogens is 448 g/mol. The van der Waals surface area contributed by atoms with Gasteiger partial charge in [-0.15, -0.1) is 0 Å². The van der Waals surface area contributed by atoms with Gasteiger partial charge >= 0.3 is 12.0 Å². The monoisotopic (exact) mass is 472 g/mol. The molecule has 0 saturated heterocycles. The number of nitrogens with zero attached hydrogens (tertiary/aromatic N) is 1. The second-order valence-corrected chi connectivity index (χ2v) is 8.43. The predicted molar refractivity (Wildman–Crippen MR) is 131 cm³/mol. The molecule has 0 saturated carbocycles. The molecule has 7 nitrogen and oxygen atoms in total. The quantitative estimate of drug-likeness (QED) is 0.416. The summed E-state index contributed by atoms with van der Waals surface area (Å²) in [5, 5.41) is 9.83. The van der Waals surface area contributed by atoms with Gasteiger partial charge in [-0.25, -0.2) is 9.59 Å². The Bertz CT molecular complexity index is 1050. The summed E-state index contributed by atoms with van der Waals surface area (Å²) in [6.45, 7) is 5.46. The average Bonchev–Trinajstić information content (AvgIpc) is 2.73. The van der Waals surface area contributed by atoms with Crippen molar-refractivity contribution in [1.29, 1.82) is 0 Å². The van der Waals surface area contributed by atoms with Crippen molar-refractivity contribution in [2.45, 2.75) is 32.9 Å². The number of urea groups is 1. The van der Waals surface area contributed by atoms with Gasteiger partial charge in [0.15, 0.2) is 5.11 Å². The molecule has 3 N–H and O–H groups in total. The summed E-state index contributed by atoms with van der Waals surface area (Å²) in [6, 6.07) is 13.2. The van der Waals surface area contributed by atoms with E-state index in [4.69, 9.17) is 28.6 Å². The summed E-state index contributed by atoms with van der Waals surface area (Å²) < 4.78 is 5.46. The van der Waals surface area contributed by atoms with E-state index in [1.54, 1.807) is 48.3 Å². The number of hydrogen-bond acceptors (Lipinski definition) is 4. The van der Waals surface area contributed by atoms with Crippen LogP contribution in [0.1, 0.15) is 32.4 Å².